The van der Waals surface area contributed by atoms with E-state index in [-0.39, 0.29) is 24.4 Å². The number of epoxide rings is 2. The summed E-state index contributed by atoms with van der Waals surface area (Å²) in [6.45, 7) is 1.74. The molecular formula is C32H42O4. The van der Waals surface area contributed by atoms with Gasteiger partial charge in [-0.1, -0.05) is 6.07 Å². The van der Waals surface area contributed by atoms with E-state index in [2.05, 4.69) is 24.3 Å². The predicted octanol–water partition coefficient (Wildman–Crippen LogP) is 6.41. The van der Waals surface area contributed by atoms with E-state index in [1.165, 1.54) is 77.0 Å². The van der Waals surface area contributed by atoms with Crippen LogP contribution >= 0.6 is 0 Å². The normalized spacial score (nSPS) is 50.7. The molecule has 1 aromatic carbocycles. The van der Waals surface area contributed by atoms with E-state index in [1.54, 1.807) is 0 Å². The van der Waals surface area contributed by atoms with Crippen molar-refractivity contribution < 1.29 is 18.9 Å². The van der Waals surface area contributed by atoms with Crippen molar-refractivity contribution in [2.24, 2.45) is 46.3 Å². The molecule has 8 saturated carbocycles. The van der Waals surface area contributed by atoms with Gasteiger partial charge in [0, 0.05) is 16.9 Å². The molecule has 2 heterocycles. The van der Waals surface area contributed by atoms with Gasteiger partial charge in [-0.15, -0.1) is 0 Å². The monoisotopic (exact) mass is 490 g/mol. The topological polar surface area (TPSA) is 43.5 Å². The van der Waals surface area contributed by atoms with Crippen LogP contribution in [0.1, 0.15) is 77.0 Å². The first-order valence-electron chi connectivity index (χ1n) is 15.3. The highest BCUT2D eigenvalue weighted by atomic mass is 16.6. The zero-order chi connectivity index (χ0) is 23.5. The van der Waals surface area contributed by atoms with Crippen molar-refractivity contribution in [3.05, 3.63) is 24.3 Å². The molecule has 10 fully saturated rings. The summed E-state index contributed by atoms with van der Waals surface area (Å²) in [5.74, 6) is 7.51. The first-order valence-corrected chi connectivity index (χ1v) is 15.3. The van der Waals surface area contributed by atoms with Gasteiger partial charge in [0.2, 0.25) is 0 Å². The Balaban J connectivity index is 0.973. The maximum atomic E-state index is 6.93. The third-order valence-corrected chi connectivity index (χ3v) is 12.1. The molecule has 10 aliphatic rings. The summed E-state index contributed by atoms with van der Waals surface area (Å²) in [5.41, 5.74) is 0.659. The summed E-state index contributed by atoms with van der Waals surface area (Å²) in [6, 6.07) is 8.62. The zero-order valence-electron chi connectivity index (χ0n) is 21.6. The Morgan fingerprint density at radius 2 is 0.917 bits per heavy atom. The highest BCUT2D eigenvalue weighted by Crippen LogP contribution is 2.64. The van der Waals surface area contributed by atoms with Crippen molar-refractivity contribution in [1.82, 2.24) is 0 Å². The number of hydrogen-bond donors (Lipinski definition) is 0. The first kappa shape index (κ1) is 21.6. The Hall–Kier alpha value is -1.26. The lowest BCUT2D eigenvalue weighted by atomic mass is 9.48. The van der Waals surface area contributed by atoms with Gasteiger partial charge in [-0.25, -0.2) is 0 Å². The van der Waals surface area contributed by atoms with Gasteiger partial charge >= 0.3 is 0 Å². The minimum Gasteiger partial charge on any atom is -0.487 e. The minimum atomic E-state index is 0.201. The van der Waals surface area contributed by atoms with Crippen molar-refractivity contribution in [3.63, 3.8) is 0 Å². The molecule has 0 N–H and O–H groups in total. The van der Waals surface area contributed by atoms with Crippen molar-refractivity contribution in [1.29, 1.82) is 0 Å². The maximum absolute atomic E-state index is 6.93. The molecule has 0 aromatic heterocycles. The van der Waals surface area contributed by atoms with Crippen LogP contribution in [0.3, 0.4) is 0 Å². The number of hydrogen-bond acceptors (Lipinski definition) is 4. The Morgan fingerprint density at radius 1 is 0.583 bits per heavy atom. The quantitative estimate of drug-likeness (QED) is 0.395. The van der Waals surface area contributed by atoms with Crippen LogP contribution in [0, 0.1) is 46.3 Å². The molecule has 4 atom stereocenters. The van der Waals surface area contributed by atoms with Crippen molar-refractivity contribution in [2.45, 2.75) is 101 Å². The Labute approximate surface area is 215 Å². The van der Waals surface area contributed by atoms with Crippen LogP contribution in [0.4, 0.5) is 0 Å². The molecule has 4 nitrogen and oxygen atoms in total. The smallest absolute Gasteiger partial charge is 0.133 e. The molecule has 8 aliphatic carbocycles. The lowest BCUT2D eigenvalue weighted by Crippen LogP contribution is -2.55. The molecule has 1 aromatic rings. The van der Waals surface area contributed by atoms with Gasteiger partial charge in [0.05, 0.1) is 13.2 Å². The van der Waals surface area contributed by atoms with Gasteiger partial charge in [-0.05, 0) is 125 Å². The maximum Gasteiger partial charge on any atom is 0.133 e. The van der Waals surface area contributed by atoms with Gasteiger partial charge < -0.3 is 18.9 Å². The van der Waals surface area contributed by atoms with Crippen LogP contribution in [0.5, 0.6) is 11.5 Å². The van der Waals surface area contributed by atoms with Gasteiger partial charge in [-0.2, -0.15) is 0 Å². The molecule has 0 radical (unpaired) electrons. The molecule has 0 amide bonds. The van der Waals surface area contributed by atoms with E-state index in [9.17, 15) is 0 Å². The van der Waals surface area contributed by atoms with Crippen molar-refractivity contribution in [3.8, 4) is 11.5 Å². The molecule has 4 unspecified atom stereocenters. The summed E-state index contributed by atoms with van der Waals surface area (Å²) in [7, 11) is 0. The largest absolute Gasteiger partial charge is 0.487 e. The van der Waals surface area contributed by atoms with Gasteiger partial charge in [0.1, 0.15) is 35.9 Å². The molecule has 11 rings (SSSR count). The van der Waals surface area contributed by atoms with Gasteiger partial charge in [-0.3, -0.25) is 0 Å². The summed E-state index contributed by atoms with van der Waals surface area (Å²) in [4.78, 5) is 0. The predicted molar refractivity (Wildman–Crippen MR) is 136 cm³/mol. The Kier molecular flexibility index (Phi) is 4.60. The summed E-state index contributed by atoms with van der Waals surface area (Å²) < 4.78 is 25.7. The third-order valence-electron chi connectivity index (χ3n) is 12.1. The lowest BCUT2D eigenvalue weighted by molar-refractivity contribution is -0.119. The second-order valence-electron chi connectivity index (χ2n) is 14.9. The molecule has 2 saturated heterocycles. The second-order valence-corrected chi connectivity index (χ2v) is 14.9. The van der Waals surface area contributed by atoms with Crippen LogP contribution in [0.2, 0.25) is 0 Å². The molecular weight excluding hydrogens is 448 g/mol. The summed E-state index contributed by atoms with van der Waals surface area (Å²) >= 11 is 0. The summed E-state index contributed by atoms with van der Waals surface area (Å²) in [6.07, 6.45) is 17.9. The zero-order valence-corrected chi connectivity index (χ0v) is 21.6. The van der Waals surface area contributed by atoms with Crippen molar-refractivity contribution >= 4 is 0 Å². The fourth-order valence-corrected chi connectivity index (χ4v) is 11.6. The van der Waals surface area contributed by atoms with Gasteiger partial charge in [0.15, 0.2) is 0 Å². The minimum absolute atomic E-state index is 0.201. The number of ether oxygens (including phenoxy) is 4. The highest BCUT2D eigenvalue weighted by molar-refractivity contribution is 5.34. The molecule has 0 spiro atoms. The molecule has 4 heteroatoms. The first-order chi connectivity index (χ1) is 17.6. The molecule has 8 bridgehead atoms. The molecule has 194 valence electrons. The SMILES string of the molecule is c1cc(OC(C2CO2)C23CC4CC(CC(C4)C2)C3)cc(OC(C2CO2)C23CC4CC(CC(C4)C2)C3)c1. The van der Waals surface area contributed by atoms with E-state index in [1.807, 2.05) is 0 Å². The highest BCUT2D eigenvalue weighted by Gasteiger charge is 2.60. The Morgan fingerprint density at radius 3 is 1.22 bits per heavy atom. The second kappa shape index (κ2) is 7.65. The van der Waals surface area contributed by atoms with E-state index in [4.69, 9.17) is 18.9 Å². The van der Waals surface area contributed by atoms with Crippen LogP contribution in [-0.4, -0.2) is 37.6 Å². The van der Waals surface area contributed by atoms with Crippen LogP contribution < -0.4 is 9.47 Å². The van der Waals surface area contributed by atoms with Gasteiger partial charge in [0.25, 0.3) is 0 Å². The van der Waals surface area contributed by atoms with E-state index in [0.717, 1.165) is 60.2 Å². The van der Waals surface area contributed by atoms with E-state index >= 15 is 0 Å². The lowest BCUT2D eigenvalue weighted by Gasteiger charge is -2.59. The third kappa shape index (κ3) is 3.52. The average Bonchev–Trinajstić information content (AvgIpc) is 3.74. The summed E-state index contributed by atoms with van der Waals surface area (Å²) in [5, 5.41) is 0. The van der Waals surface area contributed by atoms with E-state index < -0.39 is 0 Å². The number of rotatable bonds is 8. The van der Waals surface area contributed by atoms with Crippen LogP contribution in [-0.2, 0) is 9.47 Å². The van der Waals surface area contributed by atoms with Crippen molar-refractivity contribution in [2.75, 3.05) is 13.2 Å². The fourth-order valence-electron chi connectivity index (χ4n) is 11.6. The van der Waals surface area contributed by atoms with Crippen LogP contribution in [0.25, 0.3) is 0 Å². The standard InChI is InChI=1S/C32H42O4/c1-2-25(35-29(27-17-33-27)31-11-19-4-20(12-31)6-21(5-19)13-31)10-26(3-1)36-30(28-18-34-28)32-14-22-7-23(15-32)9-24(8-22)16-32/h1-3,10,19-24,27-30H,4-9,11-18H2. The average molecular weight is 491 g/mol. The molecule has 36 heavy (non-hydrogen) atoms. The number of benzene rings is 1. The Bertz CT molecular complexity index is 877. The fraction of sp³-hybridized carbons (Fsp3) is 0.812. The molecule has 2 aliphatic heterocycles. The van der Waals surface area contributed by atoms with Crippen LogP contribution in [0.15, 0.2) is 24.3 Å². The van der Waals surface area contributed by atoms with E-state index in [0.29, 0.717) is 10.8 Å².